The quantitative estimate of drug-likeness (QED) is 0.812. The van der Waals surface area contributed by atoms with Crippen molar-refractivity contribution < 1.29 is 27.5 Å². The van der Waals surface area contributed by atoms with Crippen LogP contribution in [0.25, 0.3) is 0 Å². The number of hydrogen-bond donors (Lipinski definition) is 1. The van der Waals surface area contributed by atoms with Gasteiger partial charge in [-0.25, -0.2) is 13.2 Å². The lowest BCUT2D eigenvalue weighted by Gasteiger charge is -2.21. The Morgan fingerprint density at radius 3 is 2.29 bits per heavy atom. The summed E-state index contributed by atoms with van der Waals surface area (Å²) in [5, 5.41) is 8.84. The maximum Gasteiger partial charge on any atom is 0.371 e. The second-order valence-electron chi connectivity index (χ2n) is 4.56. The number of rotatable bonds is 6. The number of carboxylic acids is 1. The normalized spacial score (nSPS) is 11.7. The number of aromatic carboxylic acids is 1. The highest BCUT2D eigenvalue weighted by Gasteiger charge is 2.30. The molecule has 1 N–H and O–H groups in total. The molecule has 0 aliphatic heterocycles. The molecular weight excluding hydrogens is 300 g/mol. The lowest BCUT2D eigenvalue weighted by atomic mass is 10.4. The Balaban J connectivity index is 3.19. The molecule has 1 rings (SSSR count). The van der Waals surface area contributed by atoms with Gasteiger partial charge in [0.2, 0.25) is 21.7 Å². The van der Waals surface area contributed by atoms with Crippen LogP contribution >= 0.6 is 0 Å². The monoisotopic (exact) mass is 318 g/mol. The SMILES string of the molecule is CCN(CC(=O)N(C)C)S(=O)(=O)c1cc(C(=O)O)oc1C. The van der Waals surface area contributed by atoms with Crippen molar-refractivity contribution >= 4 is 21.9 Å². The first-order valence-electron chi connectivity index (χ1n) is 6.15. The van der Waals surface area contributed by atoms with Gasteiger partial charge in [-0.2, -0.15) is 4.31 Å². The largest absolute Gasteiger partial charge is 0.475 e. The van der Waals surface area contributed by atoms with Crippen molar-refractivity contribution in [1.82, 2.24) is 9.21 Å². The van der Waals surface area contributed by atoms with E-state index in [1.165, 1.54) is 25.9 Å². The van der Waals surface area contributed by atoms with Gasteiger partial charge in [-0.1, -0.05) is 6.92 Å². The number of amides is 1. The average molecular weight is 318 g/mol. The molecule has 0 saturated carbocycles. The van der Waals surface area contributed by atoms with Gasteiger partial charge in [0.05, 0.1) is 6.54 Å². The Morgan fingerprint density at radius 2 is 1.90 bits per heavy atom. The lowest BCUT2D eigenvalue weighted by Crippen LogP contribution is -2.40. The summed E-state index contributed by atoms with van der Waals surface area (Å²) in [6.45, 7) is 2.71. The summed E-state index contributed by atoms with van der Waals surface area (Å²) >= 11 is 0. The smallest absolute Gasteiger partial charge is 0.371 e. The fourth-order valence-corrected chi connectivity index (χ4v) is 3.18. The molecule has 1 amide bonds. The van der Waals surface area contributed by atoms with Crippen molar-refractivity contribution in [3.8, 4) is 0 Å². The number of likely N-dealkylation sites (N-methyl/N-ethyl adjacent to an activating group) is 2. The maximum absolute atomic E-state index is 12.5. The Morgan fingerprint density at radius 1 is 1.33 bits per heavy atom. The van der Waals surface area contributed by atoms with E-state index >= 15 is 0 Å². The molecule has 8 nitrogen and oxygen atoms in total. The number of aryl methyl sites for hydroxylation is 1. The first-order chi connectivity index (χ1) is 9.61. The number of carbonyl (C=O) groups is 2. The number of nitrogens with zero attached hydrogens (tertiary/aromatic N) is 2. The molecule has 1 aromatic heterocycles. The fourth-order valence-electron chi connectivity index (χ4n) is 1.62. The molecule has 0 saturated heterocycles. The third-order valence-electron chi connectivity index (χ3n) is 2.86. The van der Waals surface area contributed by atoms with E-state index in [1.54, 1.807) is 6.92 Å². The molecule has 9 heteroatoms. The van der Waals surface area contributed by atoms with E-state index in [2.05, 4.69) is 0 Å². The number of sulfonamides is 1. The van der Waals surface area contributed by atoms with Crippen molar-refractivity contribution in [2.24, 2.45) is 0 Å². The maximum atomic E-state index is 12.5. The Labute approximate surface area is 123 Å². The predicted octanol–water partition coefficient (Wildman–Crippen LogP) is 0.385. The van der Waals surface area contributed by atoms with Crippen molar-refractivity contribution in [3.05, 3.63) is 17.6 Å². The molecule has 0 atom stereocenters. The second kappa shape index (κ2) is 6.27. The van der Waals surface area contributed by atoms with Crippen molar-refractivity contribution in [2.75, 3.05) is 27.2 Å². The predicted molar refractivity (Wildman–Crippen MR) is 73.5 cm³/mol. The third-order valence-corrected chi connectivity index (χ3v) is 4.89. The molecule has 0 aliphatic carbocycles. The minimum atomic E-state index is -3.99. The van der Waals surface area contributed by atoms with Gasteiger partial charge in [-0.3, -0.25) is 4.79 Å². The van der Waals surface area contributed by atoms with Crippen LogP contribution in [0.1, 0.15) is 23.2 Å². The van der Waals surface area contributed by atoms with Gasteiger partial charge in [0.25, 0.3) is 0 Å². The summed E-state index contributed by atoms with van der Waals surface area (Å²) < 4.78 is 30.8. The minimum absolute atomic E-state index is 0.0249. The Kier molecular flexibility index (Phi) is 5.13. The third kappa shape index (κ3) is 3.61. The zero-order valence-corrected chi connectivity index (χ0v) is 13.1. The summed E-state index contributed by atoms with van der Waals surface area (Å²) in [5.41, 5.74) is 0. The molecule has 118 valence electrons. The minimum Gasteiger partial charge on any atom is -0.475 e. The zero-order chi connectivity index (χ0) is 16.4. The standard InChI is InChI=1S/C12H18N2O6S/c1-5-14(7-11(15)13(3)4)21(18,19)10-6-9(12(16)17)20-8(10)2/h6H,5,7H2,1-4H3,(H,16,17). The van der Waals surface area contributed by atoms with Crippen LogP contribution in [0.3, 0.4) is 0 Å². The van der Waals surface area contributed by atoms with E-state index in [0.717, 1.165) is 10.4 Å². The van der Waals surface area contributed by atoms with Crippen LogP contribution in [-0.2, 0) is 14.8 Å². The molecule has 1 aromatic rings. The molecule has 0 fully saturated rings. The summed E-state index contributed by atoms with van der Waals surface area (Å²) in [6, 6.07) is 0.954. The van der Waals surface area contributed by atoms with Gasteiger partial charge in [0.15, 0.2) is 0 Å². The van der Waals surface area contributed by atoms with E-state index in [1.807, 2.05) is 0 Å². The Bertz CT molecular complexity index is 647. The number of hydrogen-bond acceptors (Lipinski definition) is 5. The van der Waals surface area contributed by atoms with Crippen LogP contribution in [-0.4, -0.2) is 61.8 Å². The molecule has 1 heterocycles. The summed E-state index contributed by atoms with van der Waals surface area (Å²) in [4.78, 5) is 23.6. The van der Waals surface area contributed by atoms with Crippen molar-refractivity contribution in [2.45, 2.75) is 18.7 Å². The molecule has 0 radical (unpaired) electrons. The highest BCUT2D eigenvalue weighted by Crippen LogP contribution is 2.23. The van der Waals surface area contributed by atoms with E-state index in [9.17, 15) is 18.0 Å². The lowest BCUT2D eigenvalue weighted by molar-refractivity contribution is -0.128. The molecule has 0 aliphatic rings. The second-order valence-corrected chi connectivity index (χ2v) is 6.46. The van der Waals surface area contributed by atoms with Crippen LogP contribution in [0.4, 0.5) is 0 Å². The summed E-state index contributed by atoms with van der Waals surface area (Å²) in [6.07, 6.45) is 0. The van der Waals surface area contributed by atoms with E-state index in [0.29, 0.717) is 0 Å². The molecular formula is C12H18N2O6S. The molecule has 0 spiro atoms. The zero-order valence-electron chi connectivity index (χ0n) is 12.3. The van der Waals surface area contributed by atoms with Crippen molar-refractivity contribution in [1.29, 1.82) is 0 Å². The van der Waals surface area contributed by atoms with Crippen LogP contribution in [0.15, 0.2) is 15.4 Å². The fraction of sp³-hybridized carbons (Fsp3) is 0.500. The van der Waals surface area contributed by atoms with Crippen LogP contribution < -0.4 is 0 Å². The first kappa shape index (κ1) is 17.2. The number of carboxylic acid groups (broad SMARTS) is 1. The van der Waals surface area contributed by atoms with E-state index < -0.39 is 21.8 Å². The highest BCUT2D eigenvalue weighted by molar-refractivity contribution is 7.89. The first-order valence-corrected chi connectivity index (χ1v) is 7.59. The van der Waals surface area contributed by atoms with E-state index in [-0.39, 0.29) is 29.7 Å². The molecule has 0 bridgehead atoms. The Hall–Kier alpha value is -1.87. The summed E-state index contributed by atoms with van der Waals surface area (Å²) in [7, 11) is -0.950. The van der Waals surface area contributed by atoms with Crippen molar-refractivity contribution in [3.63, 3.8) is 0 Å². The highest BCUT2D eigenvalue weighted by atomic mass is 32.2. The topological polar surface area (TPSA) is 108 Å². The van der Waals surface area contributed by atoms with Gasteiger partial charge in [-0.15, -0.1) is 0 Å². The van der Waals surface area contributed by atoms with Crippen LogP contribution in [0.2, 0.25) is 0 Å². The van der Waals surface area contributed by atoms with Crippen LogP contribution in [0.5, 0.6) is 0 Å². The van der Waals surface area contributed by atoms with Gasteiger partial charge in [-0.05, 0) is 6.92 Å². The van der Waals surface area contributed by atoms with Gasteiger partial charge in [0, 0.05) is 26.7 Å². The molecule has 21 heavy (non-hydrogen) atoms. The van der Waals surface area contributed by atoms with Gasteiger partial charge < -0.3 is 14.4 Å². The number of carbonyl (C=O) groups excluding carboxylic acids is 1. The molecule has 0 aromatic carbocycles. The van der Waals surface area contributed by atoms with Gasteiger partial charge in [0.1, 0.15) is 10.7 Å². The summed E-state index contributed by atoms with van der Waals surface area (Å²) in [5.74, 6) is -2.21. The van der Waals surface area contributed by atoms with Crippen LogP contribution in [0, 0.1) is 6.92 Å². The van der Waals surface area contributed by atoms with E-state index in [4.69, 9.17) is 9.52 Å². The number of furan rings is 1. The molecule has 0 unspecified atom stereocenters. The average Bonchev–Trinajstić information content (AvgIpc) is 2.78. The van der Waals surface area contributed by atoms with Gasteiger partial charge >= 0.3 is 5.97 Å².